The second-order valence-electron chi connectivity index (χ2n) is 2.86. The third kappa shape index (κ3) is 1.06. The summed E-state index contributed by atoms with van der Waals surface area (Å²) in [5, 5.41) is 4.04. The van der Waals surface area contributed by atoms with Gasteiger partial charge in [0.05, 0.1) is 0 Å². The second kappa shape index (κ2) is 2.49. The lowest BCUT2D eigenvalue weighted by molar-refractivity contribution is -0.120. The minimum absolute atomic E-state index is 0.0324. The summed E-state index contributed by atoms with van der Waals surface area (Å²) in [6.45, 7) is 0. The van der Waals surface area contributed by atoms with Crippen LogP contribution in [0.25, 0.3) is 0 Å². The summed E-state index contributed by atoms with van der Waals surface area (Å²) in [7, 11) is 0. The van der Waals surface area contributed by atoms with Crippen molar-refractivity contribution in [3.8, 4) is 0 Å². The summed E-state index contributed by atoms with van der Waals surface area (Å²) in [6.07, 6.45) is 6.27. The zero-order valence-electron chi connectivity index (χ0n) is 6.23. The number of carbonyl (C=O) groups is 1. The van der Waals surface area contributed by atoms with Crippen LogP contribution in [0.5, 0.6) is 0 Å². The van der Waals surface area contributed by atoms with Gasteiger partial charge in [-0.05, 0) is 18.9 Å². The van der Waals surface area contributed by atoms with Crippen LogP contribution in [-0.2, 0) is 4.79 Å². The van der Waals surface area contributed by atoms with Gasteiger partial charge in [0.1, 0.15) is 6.04 Å². The molecule has 11 heavy (non-hydrogen) atoms. The fraction of sp³-hybridized carbons (Fsp3) is 0.500. The van der Waals surface area contributed by atoms with Crippen LogP contribution < -0.4 is 0 Å². The Morgan fingerprint density at radius 1 is 1.64 bits per heavy atom. The van der Waals surface area contributed by atoms with E-state index in [-0.39, 0.29) is 6.04 Å². The van der Waals surface area contributed by atoms with Crippen molar-refractivity contribution in [1.29, 1.82) is 0 Å². The topological polar surface area (TPSA) is 34.9 Å². The largest absolute Gasteiger partial charge is 0.297 e. The van der Waals surface area contributed by atoms with Crippen LogP contribution in [-0.4, -0.2) is 15.6 Å². The van der Waals surface area contributed by atoms with E-state index in [4.69, 9.17) is 0 Å². The van der Waals surface area contributed by atoms with Gasteiger partial charge in [-0.25, -0.2) is 0 Å². The molecule has 1 aliphatic rings. The molecule has 0 aromatic carbocycles. The third-order valence-electron chi connectivity index (χ3n) is 2.12. The standard InChI is InChI=1S/C8H10N2O/c11-8-4-1-3-7(8)10-6-2-5-9-10/h2,5-7H,1,3-4H2. The monoisotopic (exact) mass is 150 g/mol. The predicted octanol–water partition coefficient (Wildman–Crippen LogP) is 1.18. The SMILES string of the molecule is O=C1CCCC1n1cccn1. The summed E-state index contributed by atoms with van der Waals surface area (Å²) in [4.78, 5) is 11.2. The molecule has 1 atom stereocenters. The van der Waals surface area contributed by atoms with E-state index in [1.165, 1.54) is 0 Å². The number of nitrogens with zero attached hydrogens (tertiary/aromatic N) is 2. The fourth-order valence-corrected chi connectivity index (χ4v) is 1.54. The molecule has 0 bridgehead atoms. The van der Waals surface area contributed by atoms with E-state index in [1.807, 2.05) is 12.3 Å². The first-order valence-corrected chi connectivity index (χ1v) is 3.90. The van der Waals surface area contributed by atoms with E-state index in [9.17, 15) is 4.79 Å². The summed E-state index contributed by atoms with van der Waals surface area (Å²) < 4.78 is 1.76. The van der Waals surface area contributed by atoms with Crippen molar-refractivity contribution < 1.29 is 4.79 Å². The van der Waals surface area contributed by atoms with Gasteiger partial charge in [-0.2, -0.15) is 5.10 Å². The van der Waals surface area contributed by atoms with Crippen LogP contribution in [0.15, 0.2) is 18.5 Å². The number of hydrogen-bond donors (Lipinski definition) is 0. The summed E-state index contributed by atoms with van der Waals surface area (Å²) in [5.41, 5.74) is 0. The fourth-order valence-electron chi connectivity index (χ4n) is 1.54. The minimum atomic E-state index is 0.0324. The van der Waals surface area contributed by atoms with Gasteiger partial charge in [-0.3, -0.25) is 9.48 Å². The average Bonchev–Trinajstić information content (AvgIpc) is 2.55. The van der Waals surface area contributed by atoms with Gasteiger partial charge < -0.3 is 0 Å². The molecule has 0 radical (unpaired) electrons. The normalized spacial score (nSPS) is 24.4. The van der Waals surface area contributed by atoms with Crippen LogP contribution in [0, 0.1) is 0 Å². The second-order valence-corrected chi connectivity index (χ2v) is 2.86. The van der Waals surface area contributed by atoms with Crippen molar-refractivity contribution in [3.63, 3.8) is 0 Å². The van der Waals surface area contributed by atoms with Crippen molar-refractivity contribution in [2.75, 3.05) is 0 Å². The highest BCUT2D eigenvalue weighted by Crippen LogP contribution is 2.24. The molecular weight excluding hydrogens is 140 g/mol. The van der Waals surface area contributed by atoms with E-state index in [2.05, 4.69) is 5.10 Å². The highest BCUT2D eigenvalue weighted by Gasteiger charge is 2.25. The van der Waals surface area contributed by atoms with Crippen molar-refractivity contribution >= 4 is 5.78 Å². The number of ketones is 1. The smallest absolute Gasteiger partial charge is 0.157 e. The first-order chi connectivity index (χ1) is 5.38. The van der Waals surface area contributed by atoms with Crippen LogP contribution >= 0.6 is 0 Å². The van der Waals surface area contributed by atoms with Gasteiger partial charge >= 0.3 is 0 Å². The third-order valence-corrected chi connectivity index (χ3v) is 2.12. The molecule has 2 rings (SSSR count). The van der Waals surface area contributed by atoms with Gasteiger partial charge in [-0.1, -0.05) is 0 Å². The Hall–Kier alpha value is -1.12. The molecule has 1 aromatic rings. The molecule has 3 nitrogen and oxygen atoms in total. The van der Waals surface area contributed by atoms with Gasteiger partial charge in [-0.15, -0.1) is 0 Å². The van der Waals surface area contributed by atoms with Crippen molar-refractivity contribution in [2.45, 2.75) is 25.3 Å². The summed E-state index contributed by atoms with van der Waals surface area (Å²) >= 11 is 0. The van der Waals surface area contributed by atoms with Gasteiger partial charge in [0.2, 0.25) is 0 Å². The molecule has 0 aliphatic heterocycles. The Morgan fingerprint density at radius 3 is 3.09 bits per heavy atom. The van der Waals surface area contributed by atoms with E-state index in [1.54, 1.807) is 10.9 Å². The molecule has 1 fully saturated rings. The zero-order chi connectivity index (χ0) is 7.68. The van der Waals surface area contributed by atoms with Crippen LogP contribution in [0.4, 0.5) is 0 Å². The molecule has 3 heteroatoms. The molecule has 0 spiro atoms. The van der Waals surface area contributed by atoms with Crippen LogP contribution in [0.3, 0.4) is 0 Å². The molecule has 1 unspecified atom stereocenters. The Kier molecular flexibility index (Phi) is 1.49. The average molecular weight is 150 g/mol. The number of aromatic nitrogens is 2. The lowest BCUT2D eigenvalue weighted by Crippen LogP contribution is -2.13. The maximum atomic E-state index is 11.2. The summed E-state index contributed by atoms with van der Waals surface area (Å²) in [5.74, 6) is 0.328. The molecule has 0 N–H and O–H groups in total. The molecule has 1 heterocycles. The number of rotatable bonds is 1. The molecule has 0 amide bonds. The highest BCUT2D eigenvalue weighted by molar-refractivity contribution is 5.84. The van der Waals surface area contributed by atoms with Crippen LogP contribution in [0.1, 0.15) is 25.3 Å². The lowest BCUT2D eigenvalue weighted by Gasteiger charge is -2.06. The van der Waals surface area contributed by atoms with E-state index in [0.29, 0.717) is 5.78 Å². The maximum absolute atomic E-state index is 11.2. The highest BCUT2D eigenvalue weighted by atomic mass is 16.1. The van der Waals surface area contributed by atoms with Gasteiger partial charge in [0.15, 0.2) is 5.78 Å². The van der Waals surface area contributed by atoms with Crippen molar-refractivity contribution in [1.82, 2.24) is 9.78 Å². The van der Waals surface area contributed by atoms with Gasteiger partial charge in [0, 0.05) is 18.8 Å². The molecule has 1 aromatic heterocycles. The van der Waals surface area contributed by atoms with Crippen molar-refractivity contribution in [2.24, 2.45) is 0 Å². The number of carbonyl (C=O) groups excluding carboxylic acids is 1. The van der Waals surface area contributed by atoms with Crippen LogP contribution in [0.2, 0.25) is 0 Å². The molecular formula is C8H10N2O. The minimum Gasteiger partial charge on any atom is -0.297 e. The molecule has 1 aliphatic carbocycles. The Bertz CT molecular complexity index is 253. The molecule has 0 saturated heterocycles. The van der Waals surface area contributed by atoms with Gasteiger partial charge in [0.25, 0.3) is 0 Å². The predicted molar refractivity (Wildman–Crippen MR) is 40.1 cm³/mol. The zero-order valence-corrected chi connectivity index (χ0v) is 6.23. The van der Waals surface area contributed by atoms with E-state index in [0.717, 1.165) is 19.3 Å². The van der Waals surface area contributed by atoms with E-state index < -0.39 is 0 Å². The molecule has 58 valence electrons. The first-order valence-electron chi connectivity index (χ1n) is 3.90. The Morgan fingerprint density at radius 2 is 2.55 bits per heavy atom. The number of hydrogen-bond acceptors (Lipinski definition) is 2. The quantitative estimate of drug-likeness (QED) is 0.602. The summed E-state index contributed by atoms with van der Waals surface area (Å²) in [6, 6.07) is 1.89. The first kappa shape index (κ1) is 6.58. The number of Topliss-reactive ketones (excluding diaryl/α,β-unsaturated/α-hetero) is 1. The van der Waals surface area contributed by atoms with E-state index >= 15 is 0 Å². The molecule has 1 saturated carbocycles. The lowest BCUT2D eigenvalue weighted by atomic mass is 10.2. The Balaban J connectivity index is 2.23. The maximum Gasteiger partial charge on any atom is 0.157 e. The van der Waals surface area contributed by atoms with Crippen molar-refractivity contribution in [3.05, 3.63) is 18.5 Å². The Labute approximate surface area is 65.0 Å².